The molecule has 2 N–H and O–H groups in total. The molecule has 16 heavy (non-hydrogen) atoms. The molecule has 3 unspecified atom stereocenters. The molecule has 3 nitrogen and oxygen atoms in total. The summed E-state index contributed by atoms with van der Waals surface area (Å²) in [5, 5.41) is 13.0. The van der Waals surface area contributed by atoms with Gasteiger partial charge in [-0.1, -0.05) is 13.8 Å². The van der Waals surface area contributed by atoms with Crippen molar-refractivity contribution in [3.05, 3.63) is 0 Å². The molecule has 96 valence electrons. The molecule has 0 aromatic carbocycles. The number of aliphatic hydroxyl groups is 1. The van der Waals surface area contributed by atoms with Crippen LogP contribution in [-0.4, -0.2) is 48.5 Å². The number of hydrogen-bond acceptors (Lipinski definition) is 4. The molecule has 0 aromatic heterocycles. The first-order valence-corrected chi connectivity index (χ1v) is 7.36. The van der Waals surface area contributed by atoms with Crippen LogP contribution >= 0.6 is 11.8 Å². The van der Waals surface area contributed by atoms with E-state index in [0.717, 1.165) is 31.9 Å². The van der Waals surface area contributed by atoms with E-state index < -0.39 is 0 Å². The predicted octanol–water partition coefficient (Wildman–Crippen LogP) is 1.51. The monoisotopic (exact) mass is 247 g/mol. The Morgan fingerprint density at radius 3 is 2.94 bits per heavy atom. The Bertz CT molecular complexity index is 174. The number of thioether (sulfide) groups is 1. The van der Waals surface area contributed by atoms with Crippen LogP contribution in [0.1, 0.15) is 26.7 Å². The van der Waals surface area contributed by atoms with E-state index in [-0.39, 0.29) is 0 Å². The van der Waals surface area contributed by atoms with E-state index in [1.165, 1.54) is 6.42 Å². The third-order valence-electron chi connectivity index (χ3n) is 3.10. The first kappa shape index (κ1) is 14.3. The van der Waals surface area contributed by atoms with Crippen molar-refractivity contribution in [3.63, 3.8) is 0 Å². The fourth-order valence-corrected chi connectivity index (χ4v) is 3.22. The average Bonchev–Trinajstić information content (AvgIpc) is 2.78. The molecule has 1 aliphatic heterocycles. The van der Waals surface area contributed by atoms with E-state index in [1.807, 2.05) is 11.8 Å². The Labute approximate surface area is 103 Å². The topological polar surface area (TPSA) is 41.5 Å². The number of ether oxygens (including phenoxy) is 1. The highest BCUT2D eigenvalue weighted by atomic mass is 32.2. The Morgan fingerprint density at radius 2 is 2.38 bits per heavy atom. The third kappa shape index (κ3) is 5.04. The van der Waals surface area contributed by atoms with E-state index in [9.17, 15) is 0 Å². The van der Waals surface area contributed by atoms with Crippen LogP contribution in [0.2, 0.25) is 0 Å². The molecule has 1 aliphatic rings. The summed E-state index contributed by atoms with van der Waals surface area (Å²) in [5.41, 5.74) is 0. The molecule has 0 radical (unpaired) electrons. The highest BCUT2D eigenvalue weighted by Gasteiger charge is 2.25. The van der Waals surface area contributed by atoms with Gasteiger partial charge in [-0.25, -0.2) is 0 Å². The summed E-state index contributed by atoms with van der Waals surface area (Å²) in [4.78, 5) is 0. The lowest BCUT2D eigenvalue weighted by molar-refractivity contribution is 0.179. The van der Waals surface area contributed by atoms with Gasteiger partial charge in [0.1, 0.15) is 0 Å². The largest absolute Gasteiger partial charge is 0.396 e. The fraction of sp³-hybridized carbons (Fsp3) is 1.00. The molecule has 0 saturated carbocycles. The molecular weight excluding hydrogens is 222 g/mol. The van der Waals surface area contributed by atoms with Crippen molar-refractivity contribution in [1.82, 2.24) is 5.32 Å². The lowest BCUT2D eigenvalue weighted by Gasteiger charge is -2.24. The Morgan fingerprint density at radius 1 is 1.56 bits per heavy atom. The number of nitrogens with one attached hydrogen (secondary N) is 1. The SMILES string of the molecule is CCNC(CSC(C)CCO)C1CCOC1. The van der Waals surface area contributed by atoms with Gasteiger partial charge in [-0.3, -0.25) is 0 Å². The summed E-state index contributed by atoms with van der Waals surface area (Å²) in [5.74, 6) is 1.80. The normalized spacial score (nSPS) is 24.6. The van der Waals surface area contributed by atoms with Crippen molar-refractivity contribution < 1.29 is 9.84 Å². The van der Waals surface area contributed by atoms with Gasteiger partial charge in [0, 0.05) is 36.2 Å². The summed E-state index contributed by atoms with van der Waals surface area (Å²) in [6, 6.07) is 0.568. The minimum Gasteiger partial charge on any atom is -0.396 e. The second kappa shape index (κ2) is 8.34. The zero-order chi connectivity index (χ0) is 11.8. The summed E-state index contributed by atoms with van der Waals surface area (Å²) in [6.07, 6.45) is 2.08. The number of hydrogen-bond donors (Lipinski definition) is 2. The van der Waals surface area contributed by atoms with Crippen molar-refractivity contribution in [2.75, 3.05) is 32.1 Å². The van der Waals surface area contributed by atoms with Crippen molar-refractivity contribution >= 4 is 11.8 Å². The van der Waals surface area contributed by atoms with Crippen molar-refractivity contribution in [2.24, 2.45) is 5.92 Å². The van der Waals surface area contributed by atoms with Crippen LogP contribution in [0.15, 0.2) is 0 Å². The first-order chi connectivity index (χ1) is 7.77. The van der Waals surface area contributed by atoms with E-state index in [4.69, 9.17) is 9.84 Å². The molecular formula is C12H25NO2S. The van der Waals surface area contributed by atoms with Gasteiger partial charge in [0.05, 0.1) is 6.61 Å². The smallest absolute Gasteiger partial charge is 0.0510 e. The van der Waals surface area contributed by atoms with Gasteiger partial charge in [0.25, 0.3) is 0 Å². The van der Waals surface area contributed by atoms with Gasteiger partial charge in [-0.2, -0.15) is 11.8 Å². The van der Waals surface area contributed by atoms with Crippen LogP contribution in [0.5, 0.6) is 0 Å². The number of aliphatic hydroxyl groups excluding tert-OH is 1. The van der Waals surface area contributed by atoms with E-state index >= 15 is 0 Å². The van der Waals surface area contributed by atoms with Crippen LogP contribution in [-0.2, 0) is 4.74 Å². The maximum atomic E-state index is 8.87. The Hall–Kier alpha value is 0.230. The van der Waals surface area contributed by atoms with Gasteiger partial charge < -0.3 is 15.2 Å². The minimum atomic E-state index is 0.298. The van der Waals surface area contributed by atoms with Gasteiger partial charge >= 0.3 is 0 Å². The predicted molar refractivity (Wildman–Crippen MR) is 70.0 cm³/mol. The summed E-state index contributed by atoms with van der Waals surface area (Å²) >= 11 is 1.96. The van der Waals surface area contributed by atoms with E-state index in [0.29, 0.717) is 23.8 Å². The zero-order valence-electron chi connectivity index (χ0n) is 10.4. The van der Waals surface area contributed by atoms with Gasteiger partial charge in [-0.05, 0) is 19.4 Å². The molecule has 1 fully saturated rings. The molecule has 0 bridgehead atoms. The van der Waals surface area contributed by atoms with E-state index in [2.05, 4.69) is 19.2 Å². The molecule has 0 aliphatic carbocycles. The third-order valence-corrected chi connectivity index (χ3v) is 4.45. The number of rotatable bonds is 8. The van der Waals surface area contributed by atoms with Crippen molar-refractivity contribution in [1.29, 1.82) is 0 Å². The zero-order valence-corrected chi connectivity index (χ0v) is 11.3. The molecule has 1 heterocycles. The average molecular weight is 247 g/mol. The fourth-order valence-electron chi connectivity index (χ4n) is 2.03. The van der Waals surface area contributed by atoms with Gasteiger partial charge in [-0.15, -0.1) is 0 Å². The Kier molecular flexibility index (Phi) is 7.45. The quantitative estimate of drug-likeness (QED) is 0.682. The van der Waals surface area contributed by atoms with Crippen LogP contribution < -0.4 is 5.32 Å². The second-order valence-electron chi connectivity index (χ2n) is 4.44. The Balaban J connectivity index is 2.26. The molecule has 4 heteroatoms. The van der Waals surface area contributed by atoms with E-state index in [1.54, 1.807) is 0 Å². The summed E-state index contributed by atoms with van der Waals surface area (Å²) in [7, 11) is 0. The first-order valence-electron chi connectivity index (χ1n) is 6.31. The standard InChI is InChI=1S/C12H25NO2S/c1-3-13-12(11-5-7-15-8-11)9-16-10(2)4-6-14/h10-14H,3-9H2,1-2H3. The van der Waals surface area contributed by atoms with Gasteiger partial charge in [0.2, 0.25) is 0 Å². The lowest BCUT2D eigenvalue weighted by Crippen LogP contribution is -2.39. The van der Waals surface area contributed by atoms with Crippen LogP contribution in [0, 0.1) is 5.92 Å². The lowest BCUT2D eigenvalue weighted by atomic mass is 10.0. The summed E-state index contributed by atoms with van der Waals surface area (Å²) in [6.45, 7) is 7.50. The molecule has 1 saturated heterocycles. The molecule has 0 spiro atoms. The van der Waals surface area contributed by atoms with Crippen molar-refractivity contribution in [2.45, 2.75) is 38.0 Å². The maximum Gasteiger partial charge on any atom is 0.0510 e. The molecule has 1 rings (SSSR count). The van der Waals surface area contributed by atoms with Crippen molar-refractivity contribution in [3.8, 4) is 0 Å². The van der Waals surface area contributed by atoms with Gasteiger partial charge in [0.15, 0.2) is 0 Å². The highest BCUT2D eigenvalue weighted by molar-refractivity contribution is 7.99. The molecule has 0 amide bonds. The molecule has 0 aromatic rings. The summed E-state index contributed by atoms with van der Waals surface area (Å²) < 4.78 is 5.45. The second-order valence-corrected chi connectivity index (χ2v) is 5.92. The highest BCUT2D eigenvalue weighted by Crippen LogP contribution is 2.22. The van der Waals surface area contributed by atoms with Crippen LogP contribution in [0.4, 0.5) is 0 Å². The van der Waals surface area contributed by atoms with Crippen LogP contribution in [0.25, 0.3) is 0 Å². The molecule has 3 atom stereocenters. The minimum absolute atomic E-state index is 0.298. The maximum absolute atomic E-state index is 8.87. The van der Waals surface area contributed by atoms with Crippen LogP contribution in [0.3, 0.4) is 0 Å².